The normalized spacial score (nSPS) is 10.9. The Labute approximate surface area is 181 Å². The van der Waals surface area contributed by atoms with Gasteiger partial charge in [0, 0.05) is 24.3 Å². The molecule has 2 aromatic carbocycles. The summed E-state index contributed by atoms with van der Waals surface area (Å²) < 4.78 is 1.96. The van der Waals surface area contributed by atoms with Crippen LogP contribution in [0.2, 0.25) is 5.02 Å². The third kappa shape index (κ3) is 5.19. The van der Waals surface area contributed by atoms with Gasteiger partial charge < -0.3 is 4.90 Å². The molecule has 5 nitrogen and oxygen atoms in total. The van der Waals surface area contributed by atoms with Gasteiger partial charge >= 0.3 is 0 Å². The molecule has 3 rings (SSSR count). The summed E-state index contributed by atoms with van der Waals surface area (Å²) in [4.78, 5) is 14.6. The first-order valence-electron chi connectivity index (χ1n) is 9.82. The largest absolute Gasteiger partial charge is 0.342 e. The first kappa shape index (κ1) is 21.4. The summed E-state index contributed by atoms with van der Waals surface area (Å²) in [7, 11) is 0. The highest BCUT2D eigenvalue weighted by atomic mass is 35.5. The summed E-state index contributed by atoms with van der Waals surface area (Å²) in [5, 5.41) is 10.1. The fourth-order valence-corrected chi connectivity index (χ4v) is 4.18. The summed E-state index contributed by atoms with van der Waals surface area (Å²) in [6.07, 6.45) is 1.90. The van der Waals surface area contributed by atoms with Crippen molar-refractivity contribution in [2.24, 2.45) is 0 Å². The molecule has 0 fully saturated rings. The van der Waals surface area contributed by atoms with Gasteiger partial charge in [0.05, 0.1) is 10.8 Å². The van der Waals surface area contributed by atoms with E-state index >= 15 is 0 Å². The van der Waals surface area contributed by atoms with Gasteiger partial charge in [0.25, 0.3) is 0 Å². The second-order valence-corrected chi connectivity index (χ2v) is 7.98. The molecule has 0 unspecified atom stereocenters. The van der Waals surface area contributed by atoms with Crippen LogP contribution in [0.25, 0.3) is 17.1 Å². The van der Waals surface area contributed by atoms with Crippen molar-refractivity contribution in [2.45, 2.75) is 31.8 Å². The van der Waals surface area contributed by atoms with E-state index in [4.69, 9.17) is 11.6 Å². The van der Waals surface area contributed by atoms with Crippen molar-refractivity contribution in [1.82, 2.24) is 19.7 Å². The molecule has 1 heterocycles. The number of rotatable bonds is 9. The van der Waals surface area contributed by atoms with Gasteiger partial charge in [0.1, 0.15) is 0 Å². The van der Waals surface area contributed by atoms with Gasteiger partial charge in [-0.3, -0.25) is 9.36 Å². The lowest BCUT2D eigenvalue weighted by molar-refractivity contribution is -0.128. The number of carbonyl (C=O) groups excluding carboxylic acids is 1. The molecule has 0 N–H and O–H groups in total. The van der Waals surface area contributed by atoms with Gasteiger partial charge in [-0.1, -0.05) is 67.5 Å². The molecule has 0 saturated heterocycles. The minimum absolute atomic E-state index is 0.126. The lowest BCUT2D eigenvalue weighted by atomic mass is 10.2. The van der Waals surface area contributed by atoms with E-state index in [-0.39, 0.29) is 5.91 Å². The summed E-state index contributed by atoms with van der Waals surface area (Å²) in [6, 6.07) is 17.5. The Hall–Kier alpha value is -2.31. The molecule has 0 saturated carbocycles. The van der Waals surface area contributed by atoms with E-state index in [2.05, 4.69) is 24.0 Å². The van der Waals surface area contributed by atoms with Crippen LogP contribution < -0.4 is 0 Å². The maximum Gasteiger partial charge on any atom is 0.233 e. The van der Waals surface area contributed by atoms with E-state index in [0.29, 0.717) is 21.8 Å². The number of benzene rings is 2. The molecule has 0 aliphatic heterocycles. The van der Waals surface area contributed by atoms with Gasteiger partial charge in [-0.15, -0.1) is 10.2 Å². The highest BCUT2D eigenvalue weighted by Crippen LogP contribution is 2.31. The molecular formula is C22H25ClN4OS. The average Bonchev–Trinajstić information content (AvgIpc) is 3.16. The first-order valence-corrected chi connectivity index (χ1v) is 11.2. The SMILES string of the molecule is CCCN(CCC)C(=O)CSc1nnc(-c2ccccc2Cl)n1-c1ccccc1. The molecule has 3 aromatic rings. The van der Waals surface area contributed by atoms with E-state index in [1.54, 1.807) is 0 Å². The van der Waals surface area contributed by atoms with Crippen LogP contribution in [0.15, 0.2) is 59.8 Å². The van der Waals surface area contributed by atoms with Crippen molar-refractivity contribution in [3.05, 3.63) is 59.6 Å². The number of hydrogen-bond acceptors (Lipinski definition) is 4. The Bertz CT molecular complexity index is 939. The second-order valence-electron chi connectivity index (χ2n) is 6.63. The number of halogens is 1. The molecule has 0 radical (unpaired) electrons. The lowest BCUT2D eigenvalue weighted by Crippen LogP contribution is -2.33. The molecule has 0 aliphatic rings. The molecule has 0 bridgehead atoms. The third-order valence-corrected chi connectivity index (χ3v) is 5.67. The van der Waals surface area contributed by atoms with E-state index in [1.165, 1.54) is 11.8 Å². The fourth-order valence-electron chi connectivity index (χ4n) is 3.11. The van der Waals surface area contributed by atoms with E-state index in [9.17, 15) is 4.79 Å². The summed E-state index contributed by atoms with van der Waals surface area (Å²) in [5.41, 5.74) is 1.74. The highest BCUT2D eigenvalue weighted by Gasteiger charge is 2.20. The van der Waals surface area contributed by atoms with Gasteiger partial charge in [0.2, 0.25) is 5.91 Å². The number of hydrogen-bond donors (Lipinski definition) is 0. The molecule has 1 aromatic heterocycles. The molecule has 29 heavy (non-hydrogen) atoms. The number of carbonyl (C=O) groups is 1. The predicted octanol–water partition coefficient (Wildman–Crippen LogP) is 5.33. The fraction of sp³-hybridized carbons (Fsp3) is 0.318. The van der Waals surface area contributed by atoms with Crippen LogP contribution in [0.3, 0.4) is 0 Å². The molecule has 0 aliphatic carbocycles. The third-order valence-electron chi connectivity index (χ3n) is 4.43. The predicted molar refractivity (Wildman–Crippen MR) is 120 cm³/mol. The van der Waals surface area contributed by atoms with E-state index in [1.807, 2.05) is 64.1 Å². The molecular weight excluding hydrogens is 404 g/mol. The van der Waals surface area contributed by atoms with E-state index < -0.39 is 0 Å². The van der Waals surface area contributed by atoms with Crippen LogP contribution >= 0.6 is 23.4 Å². The van der Waals surface area contributed by atoms with Crippen molar-refractivity contribution in [2.75, 3.05) is 18.8 Å². The van der Waals surface area contributed by atoms with E-state index in [0.717, 1.165) is 37.2 Å². The highest BCUT2D eigenvalue weighted by molar-refractivity contribution is 7.99. The number of nitrogens with zero attached hydrogens (tertiary/aromatic N) is 4. The minimum Gasteiger partial charge on any atom is -0.342 e. The van der Waals surface area contributed by atoms with Crippen LogP contribution in [0, 0.1) is 0 Å². The Morgan fingerprint density at radius 3 is 2.31 bits per heavy atom. The monoisotopic (exact) mass is 428 g/mol. The topological polar surface area (TPSA) is 51.0 Å². The van der Waals surface area contributed by atoms with Crippen LogP contribution in [0.4, 0.5) is 0 Å². The van der Waals surface area contributed by atoms with Crippen LogP contribution in [0.5, 0.6) is 0 Å². The molecule has 1 amide bonds. The number of para-hydroxylation sites is 1. The molecule has 0 spiro atoms. The van der Waals surface area contributed by atoms with Gasteiger partial charge in [-0.2, -0.15) is 0 Å². The maximum atomic E-state index is 12.7. The molecule has 7 heteroatoms. The zero-order chi connectivity index (χ0) is 20.6. The molecule has 0 atom stereocenters. The summed E-state index contributed by atoms with van der Waals surface area (Å²) >= 11 is 7.82. The summed E-state index contributed by atoms with van der Waals surface area (Å²) in [5.74, 6) is 1.12. The zero-order valence-electron chi connectivity index (χ0n) is 16.7. The quantitative estimate of drug-likeness (QED) is 0.432. The Kier molecular flexibility index (Phi) is 7.72. The van der Waals surface area contributed by atoms with Gasteiger partial charge in [-0.25, -0.2) is 0 Å². The number of aromatic nitrogens is 3. The average molecular weight is 429 g/mol. The van der Waals surface area contributed by atoms with Crippen molar-refractivity contribution in [3.63, 3.8) is 0 Å². The lowest BCUT2D eigenvalue weighted by Gasteiger charge is -2.21. The summed E-state index contributed by atoms with van der Waals surface area (Å²) in [6.45, 7) is 5.74. The number of amides is 1. The van der Waals surface area contributed by atoms with Crippen LogP contribution in [-0.4, -0.2) is 44.4 Å². The van der Waals surface area contributed by atoms with Crippen molar-refractivity contribution in [3.8, 4) is 17.1 Å². The van der Waals surface area contributed by atoms with Gasteiger partial charge in [-0.05, 0) is 37.1 Å². The smallest absolute Gasteiger partial charge is 0.233 e. The van der Waals surface area contributed by atoms with Crippen molar-refractivity contribution < 1.29 is 4.79 Å². The Morgan fingerprint density at radius 2 is 1.66 bits per heavy atom. The molecule has 152 valence electrons. The van der Waals surface area contributed by atoms with Gasteiger partial charge in [0.15, 0.2) is 11.0 Å². The van der Waals surface area contributed by atoms with Crippen LogP contribution in [-0.2, 0) is 4.79 Å². The standard InChI is InChI=1S/C22H25ClN4OS/c1-3-14-26(15-4-2)20(28)16-29-22-25-24-21(18-12-8-9-13-19(18)23)27(22)17-10-6-5-7-11-17/h5-13H,3-4,14-16H2,1-2H3. The minimum atomic E-state index is 0.126. The Balaban J connectivity index is 1.92. The maximum absolute atomic E-state index is 12.7. The van der Waals surface area contributed by atoms with Crippen molar-refractivity contribution >= 4 is 29.3 Å². The second kappa shape index (κ2) is 10.5. The zero-order valence-corrected chi connectivity index (χ0v) is 18.3. The number of thioether (sulfide) groups is 1. The first-order chi connectivity index (χ1) is 14.2. The Morgan fingerprint density at radius 1 is 1.00 bits per heavy atom. The van der Waals surface area contributed by atoms with Crippen LogP contribution in [0.1, 0.15) is 26.7 Å². The van der Waals surface area contributed by atoms with Crippen molar-refractivity contribution in [1.29, 1.82) is 0 Å².